The number of hydrogen-bond acceptors (Lipinski definition) is 9. The molecule has 0 saturated carbocycles. The SMILES string of the molecule is CCOC(=O)/C(C#N)=C/c1ccc(OC(=O)COc2ccc([N+](=O)[O-])cc2)c(OC)c1. The Balaban J connectivity index is 2.05. The van der Waals surface area contributed by atoms with Crippen LogP contribution in [0.4, 0.5) is 5.69 Å². The van der Waals surface area contributed by atoms with Crippen molar-refractivity contribution in [2.45, 2.75) is 6.92 Å². The van der Waals surface area contributed by atoms with Crippen LogP contribution in [-0.2, 0) is 14.3 Å². The maximum atomic E-state index is 12.1. The van der Waals surface area contributed by atoms with Crippen LogP contribution in [0.1, 0.15) is 12.5 Å². The molecule has 0 fully saturated rings. The van der Waals surface area contributed by atoms with Gasteiger partial charge < -0.3 is 18.9 Å². The number of nitro benzene ring substituents is 1. The molecule has 0 aliphatic rings. The van der Waals surface area contributed by atoms with Crippen molar-refractivity contribution in [2.75, 3.05) is 20.3 Å². The van der Waals surface area contributed by atoms with Crippen molar-refractivity contribution in [1.82, 2.24) is 0 Å². The van der Waals surface area contributed by atoms with Gasteiger partial charge in [-0.25, -0.2) is 9.59 Å². The summed E-state index contributed by atoms with van der Waals surface area (Å²) >= 11 is 0. The zero-order chi connectivity index (χ0) is 22.8. The van der Waals surface area contributed by atoms with Gasteiger partial charge in [0.2, 0.25) is 0 Å². The third-order valence-electron chi connectivity index (χ3n) is 3.74. The van der Waals surface area contributed by atoms with E-state index in [0.29, 0.717) is 5.56 Å². The summed E-state index contributed by atoms with van der Waals surface area (Å²) in [7, 11) is 1.37. The molecule has 0 bridgehead atoms. The number of esters is 2. The summed E-state index contributed by atoms with van der Waals surface area (Å²) in [5.74, 6) is -0.921. The van der Waals surface area contributed by atoms with Crippen LogP contribution >= 0.6 is 0 Å². The minimum absolute atomic E-state index is 0.101. The lowest BCUT2D eigenvalue weighted by atomic mass is 10.1. The monoisotopic (exact) mass is 426 g/mol. The molecule has 0 aliphatic carbocycles. The average molecular weight is 426 g/mol. The Morgan fingerprint density at radius 2 is 1.87 bits per heavy atom. The molecule has 2 rings (SSSR count). The number of nitrogens with zero attached hydrogens (tertiary/aromatic N) is 2. The van der Waals surface area contributed by atoms with Gasteiger partial charge in [0, 0.05) is 12.1 Å². The molecule has 0 heterocycles. The number of carbonyl (C=O) groups is 2. The van der Waals surface area contributed by atoms with E-state index in [-0.39, 0.29) is 35.1 Å². The van der Waals surface area contributed by atoms with Gasteiger partial charge >= 0.3 is 11.9 Å². The Hall–Kier alpha value is -4.39. The normalized spacial score (nSPS) is 10.5. The quantitative estimate of drug-likeness (QED) is 0.148. The van der Waals surface area contributed by atoms with E-state index in [9.17, 15) is 19.7 Å². The lowest BCUT2D eigenvalue weighted by Crippen LogP contribution is -2.18. The van der Waals surface area contributed by atoms with E-state index in [0.717, 1.165) is 0 Å². The second-order valence-corrected chi connectivity index (χ2v) is 5.81. The highest BCUT2D eigenvalue weighted by atomic mass is 16.6. The largest absolute Gasteiger partial charge is 0.493 e. The van der Waals surface area contributed by atoms with E-state index >= 15 is 0 Å². The van der Waals surface area contributed by atoms with Crippen LogP contribution in [0.2, 0.25) is 0 Å². The molecule has 0 N–H and O–H groups in total. The average Bonchev–Trinajstić information content (AvgIpc) is 2.77. The van der Waals surface area contributed by atoms with Crippen molar-refractivity contribution in [3.8, 4) is 23.3 Å². The van der Waals surface area contributed by atoms with Crippen molar-refractivity contribution in [3.63, 3.8) is 0 Å². The summed E-state index contributed by atoms with van der Waals surface area (Å²) in [6.07, 6.45) is 1.32. The molecule has 2 aromatic rings. The Morgan fingerprint density at radius 1 is 1.16 bits per heavy atom. The Morgan fingerprint density at radius 3 is 2.45 bits per heavy atom. The minimum atomic E-state index is -0.747. The summed E-state index contributed by atoms with van der Waals surface area (Å²) in [5, 5.41) is 19.8. The van der Waals surface area contributed by atoms with E-state index in [1.807, 2.05) is 0 Å². The van der Waals surface area contributed by atoms with Gasteiger partial charge in [0.05, 0.1) is 18.6 Å². The predicted molar refractivity (Wildman–Crippen MR) is 107 cm³/mol. The van der Waals surface area contributed by atoms with Crippen molar-refractivity contribution < 1.29 is 33.5 Å². The van der Waals surface area contributed by atoms with Gasteiger partial charge in [0.15, 0.2) is 18.1 Å². The maximum Gasteiger partial charge on any atom is 0.349 e. The molecule has 0 spiro atoms. The van der Waals surface area contributed by atoms with Gasteiger partial charge in [0.25, 0.3) is 5.69 Å². The smallest absolute Gasteiger partial charge is 0.349 e. The van der Waals surface area contributed by atoms with Gasteiger partial charge in [-0.05, 0) is 42.8 Å². The van der Waals surface area contributed by atoms with Crippen LogP contribution < -0.4 is 14.2 Å². The van der Waals surface area contributed by atoms with Crippen LogP contribution in [0.25, 0.3) is 6.08 Å². The number of non-ortho nitro benzene ring substituents is 1. The molecule has 0 unspecified atom stereocenters. The lowest BCUT2D eigenvalue weighted by Gasteiger charge is -2.11. The molecule has 0 saturated heterocycles. The highest BCUT2D eigenvalue weighted by Gasteiger charge is 2.14. The van der Waals surface area contributed by atoms with Gasteiger partial charge in [-0.2, -0.15) is 5.26 Å². The number of hydrogen-bond donors (Lipinski definition) is 0. The third kappa shape index (κ3) is 6.57. The van der Waals surface area contributed by atoms with E-state index in [4.69, 9.17) is 24.2 Å². The summed E-state index contributed by atoms with van der Waals surface area (Å²) in [6.45, 7) is 1.33. The van der Waals surface area contributed by atoms with Crippen molar-refractivity contribution >= 4 is 23.7 Å². The number of rotatable bonds is 9. The highest BCUT2D eigenvalue weighted by Crippen LogP contribution is 2.29. The predicted octanol–water partition coefficient (Wildman–Crippen LogP) is 3.06. The third-order valence-corrected chi connectivity index (χ3v) is 3.74. The van der Waals surface area contributed by atoms with Crippen molar-refractivity contribution in [3.05, 3.63) is 63.7 Å². The van der Waals surface area contributed by atoms with Gasteiger partial charge in [-0.15, -0.1) is 0 Å². The first-order chi connectivity index (χ1) is 14.9. The Labute approximate surface area is 177 Å². The Bertz CT molecular complexity index is 1040. The molecule has 0 aromatic heterocycles. The molecule has 10 nitrogen and oxygen atoms in total. The fourth-order valence-electron chi connectivity index (χ4n) is 2.33. The molecule has 0 atom stereocenters. The van der Waals surface area contributed by atoms with Crippen LogP contribution in [0.5, 0.6) is 17.2 Å². The molecule has 160 valence electrons. The topological polar surface area (TPSA) is 138 Å². The molecular formula is C21H18N2O8. The van der Waals surface area contributed by atoms with Crippen LogP contribution in [0.15, 0.2) is 48.0 Å². The molecule has 31 heavy (non-hydrogen) atoms. The van der Waals surface area contributed by atoms with Crippen molar-refractivity contribution in [1.29, 1.82) is 5.26 Å². The fourth-order valence-corrected chi connectivity index (χ4v) is 2.33. The van der Waals surface area contributed by atoms with Gasteiger partial charge in [-0.3, -0.25) is 10.1 Å². The summed E-state index contributed by atoms with van der Waals surface area (Å²) in [4.78, 5) is 33.9. The second-order valence-electron chi connectivity index (χ2n) is 5.81. The number of benzene rings is 2. The lowest BCUT2D eigenvalue weighted by molar-refractivity contribution is -0.384. The minimum Gasteiger partial charge on any atom is -0.493 e. The Kier molecular flexibility index (Phi) is 8.10. The number of ether oxygens (including phenoxy) is 4. The zero-order valence-electron chi connectivity index (χ0n) is 16.7. The number of nitro groups is 1. The van der Waals surface area contributed by atoms with Gasteiger partial charge in [0.1, 0.15) is 17.4 Å². The molecular weight excluding hydrogens is 408 g/mol. The number of nitriles is 1. The summed E-state index contributed by atoms with van der Waals surface area (Å²) in [5.41, 5.74) is 0.171. The first kappa shape index (κ1) is 22.9. The van der Waals surface area contributed by atoms with E-state index in [2.05, 4.69) is 0 Å². The van der Waals surface area contributed by atoms with Crippen LogP contribution in [0, 0.1) is 21.4 Å². The first-order valence-corrected chi connectivity index (χ1v) is 8.92. The second kappa shape index (κ2) is 11.0. The van der Waals surface area contributed by atoms with Crippen molar-refractivity contribution in [2.24, 2.45) is 0 Å². The molecule has 10 heteroatoms. The van der Waals surface area contributed by atoms with Gasteiger partial charge in [-0.1, -0.05) is 6.07 Å². The van der Waals surface area contributed by atoms with Crippen LogP contribution in [-0.4, -0.2) is 37.2 Å². The highest BCUT2D eigenvalue weighted by molar-refractivity contribution is 5.98. The van der Waals surface area contributed by atoms with E-state index in [1.54, 1.807) is 13.0 Å². The zero-order valence-corrected chi connectivity index (χ0v) is 16.7. The maximum absolute atomic E-state index is 12.1. The molecule has 0 amide bonds. The standard InChI is InChI=1S/C21H18N2O8/c1-3-29-21(25)15(12-22)10-14-4-9-18(19(11-14)28-2)31-20(24)13-30-17-7-5-16(6-8-17)23(26)27/h4-11H,3,13H2,1-2H3/b15-10+. The summed E-state index contributed by atoms with van der Waals surface area (Å²) in [6, 6.07) is 11.4. The molecule has 0 aliphatic heterocycles. The van der Waals surface area contributed by atoms with E-state index in [1.165, 1.54) is 55.7 Å². The fraction of sp³-hybridized carbons (Fsp3) is 0.190. The first-order valence-electron chi connectivity index (χ1n) is 8.92. The number of methoxy groups -OCH3 is 1. The number of carbonyl (C=O) groups excluding carboxylic acids is 2. The molecule has 2 aromatic carbocycles. The van der Waals surface area contributed by atoms with E-state index < -0.39 is 23.5 Å². The summed E-state index contributed by atoms with van der Waals surface area (Å²) < 4.78 is 20.5. The van der Waals surface area contributed by atoms with Crippen LogP contribution in [0.3, 0.4) is 0 Å². The molecule has 0 radical (unpaired) electrons.